The third-order valence-electron chi connectivity index (χ3n) is 12.3. The van der Waals surface area contributed by atoms with Crippen LogP contribution in [0.1, 0.15) is 88.8 Å². The number of nitrogens with one attached hydrogen (secondary N) is 4. The summed E-state index contributed by atoms with van der Waals surface area (Å²) in [6.45, 7) is 9.41. The van der Waals surface area contributed by atoms with Crippen LogP contribution in [0.4, 0.5) is 8.78 Å². The predicted molar refractivity (Wildman–Crippen MR) is 271 cm³/mol. The molecule has 4 aromatic rings. The summed E-state index contributed by atoms with van der Waals surface area (Å²) in [6.07, 6.45) is -3.57. The molecule has 2 saturated heterocycles. The van der Waals surface area contributed by atoms with Crippen molar-refractivity contribution >= 4 is 41.0 Å². The zero-order valence-electron chi connectivity index (χ0n) is 44.4. The zero-order valence-corrected chi connectivity index (χ0v) is 44.4. The summed E-state index contributed by atoms with van der Waals surface area (Å²) in [4.78, 5) is 88.5. The first kappa shape index (κ1) is 58.8. The Hall–Kier alpha value is -7.85. The number of aliphatic hydroxyl groups excluding tert-OH is 1. The first-order chi connectivity index (χ1) is 37.8. The second-order valence-corrected chi connectivity index (χ2v) is 18.6. The summed E-state index contributed by atoms with van der Waals surface area (Å²) in [6, 6.07) is 11.8. The molecule has 2 fully saturated rings. The van der Waals surface area contributed by atoms with Crippen LogP contribution < -0.4 is 30.7 Å². The van der Waals surface area contributed by atoms with Gasteiger partial charge in [-0.3, -0.25) is 24.0 Å². The van der Waals surface area contributed by atoms with Gasteiger partial charge in [0.05, 0.1) is 58.1 Å². The maximum absolute atomic E-state index is 13.7. The van der Waals surface area contributed by atoms with Gasteiger partial charge in [0.1, 0.15) is 46.7 Å². The minimum atomic E-state index is -1.09. The minimum Gasteiger partial charge on any atom is -0.494 e. The lowest BCUT2D eigenvalue weighted by atomic mass is 10.0. The summed E-state index contributed by atoms with van der Waals surface area (Å²) in [7, 11) is 2.74. The summed E-state index contributed by atoms with van der Waals surface area (Å²) >= 11 is 0. The summed E-state index contributed by atoms with van der Waals surface area (Å²) in [5.41, 5.74) is 3.59. The molecule has 5 N–H and O–H groups in total. The Bertz CT molecular complexity index is 2900. The van der Waals surface area contributed by atoms with E-state index in [1.165, 1.54) is 71.4 Å². The number of esters is 1. The number of halogens is 2. The van der Waals surface area contributed by atoms with Crippen LogP contribution >= 0.6 is 0 Å². The predicted octanol–water partition coefficient (Wildman–Crippen LogP) is 2.05. The second kappa shape index (κ2) is 27.6. The molecule has 6 heterocycles. The molecular weight excluding hydrogens is 1040 g/mol. The molecule has 25 nitrogen and oxygen atoms in total. The van der Waals surface area contributed by atoms with E-state index in [2.05, 4.69) is 51.5 Å². The largest absolute Gasteiger partial charge is 0.494 e. The number of methoxy groups -OCH3 is 2. The van der Waals surface area contributed by atoms with Gasteiger partial charge in [0.2, 0.25) is 5.91 Å². The molecule has 6 atom stereocenters. The average molecular weight is 1110 g/mol. The van der Waals surface area contributed by atoms with Crippen LogP contribution in [-0.2, 0) is 60.8 Å². The van der Waals surface area contributed by atoms with E-state index in [0.29, 0.717) is 78.2 Å². The van der Waals surface area contributed by atoms with Crippen LogP contribution in [-0.4, -0.2) is 163 Å². The number of aryl methyl sites for hydroxylation is 2. The van der Waals surface area contributed by atoms with E-state index in [1.54, 1.807) is 26.0 Å². The van der Waals surface area contributed by atoms with Gasteiger partial charge in [-0.15, -0.1) is 0 Å². The van der Waals surface area contributed by atoms with Gasteiger partial charge >= 0.3 is 5.97 Å². The quantitative estimate of drug-likeness (QED) is 0.0839. The van der Waals surface area contributed by atoms with Crippen molar-refractivity contribution in [2.75, 3.05) is 53.7 Å². The number of carbonyl (C=O) groups excluding carboxylic acids is 5. The number of hydrogen-bond acceptors (Lipinski definition) is 21. The number of carbonyl (C=O) groups is 5. The number of nitrogens with zero attached hydrogens (tertiary/aromatic N) is 6. The van der Waals surface area contributed by atoms with Crippen LogP contribution in [0.5, 0.6) is 11.5 Å². The highest BCUT2D eigenvalue weighted by Crippen LogP contribution is 2.26. The van der Waals surface area contributed by atoms with Gasteiger partial charge < -0.3 is 69.2 Å². The van der Waals surface area contributed by atoms with E-state index in [-0.39, 0.29) is 73.9 Å². The van der Waals surface area contributed by atoms with Crippen molar-refractivity contribution in [3.05, 3.63) is 106 Å². The number of oxime groups is 2. The molecule has 2 aromatic carbocycles. The van der Waals surface area contributed by atoms with Gasteiger partial charge in [-0.2, -0.15) is 0 Å². The fourth-order valence-corrected chi connectivity index (χ4v) is 8.11. The Morgan fingerprint density at radius 2 is 1.16 bits per heavy atom. The number of amides is 4. The molecule has 0 saturated carbocycles. The molecule has 0 spiro atoms. The average Bonchev–Trinajstić information content (AvgIpc) is 4.15. The van der Waals surface area contributed by atoms with E-state index in [0.717, 1.165) is 0 Å². The Balaban J connectivity index is 0.000000229. The maximum atomic E-state index is 13.7. The molecule has 4 amide bonds. The molecular formula is C52H62F2N10O15. The molecule has 0 unspecified atom stereocenters. The molecule has 79 heavy (non-hydrogen) atoms. The van der Waals surface area contributed by atoms with Gasteiger partial charge in [-0.25, -0.2) is 28.7 Å². The Kier molecular flexibility index (Phi) is 20.6. The van der Waals surface area contributed by atoms with E-state index in [4.69, 9.17) is 42.8 Å². The van der Waals surface area contributed by atoms with Crippen molar-refractivity contribution < 1.29 is 80.7 Å². The van der Waals surface area contributed by atoms with Crippen LogP contribution in [0.2, 0.25) is 0 Å². The SMILES string of the molecule is COc1cc(CNC(=O)c2cc(C3=NO[C@H](C4OCC(CNC(=O)[C@H](C)OC(C)=O)CO4)C3)nc(C)n2)ccc1F.COc1cc(CNC(=O)c2cc(C3=NO[C@H]([C@H]4CO[C@H](CNC(=O)[C@H](C)O)CO4)C3)nc(C)n2)ccc1F. The lowest BCUT2D eigenvalue weighted by Crippen LogP contribution is -2.47. The molecule has 0 aliphatic carbocycles. The molecule has 0 radical (unpaired) electrons. The first-order valence-electron chi connectivity index (χ1n) is 25.1. The van der Waals surface area contributed by atoms with Gasteiger partial charge in [0.15, 0.2) is 47.7 Å². The smallest absolute Gasteiger partial charge is 0.303 e. The highest BCUT2D eigenvalue weighted by molar-refractivity contribution is 6.02. The minimum absolute atomic E-state index is 0.0878. The topological polar surface area (TPSA) is 313 Å². The monoisotopic (exact) mass is 1100 g/mol. The number of hydrogen-bond donors (Lipinski definition) is 5. The number of aromatic nitrogens is 4. The van der Waals surface area contributed by atoms with Crippen LogP contribution in [0.3, 0.4) is 0 Å². The lowest BCUT2D eigenvalue weighted by Gasteiger charge is -2.31. The fraction of sp³-hybridized carbons (Fsp3) is 0.481. The highest BCUT2D eigenvalue weighted by atomic mass is 19.1. The highest BCUT2D eigenvalue weighted by Gasteiger charge is 2.38. The molecule has 8 rings (SSSR count). The Morgan fingerprint density at radius 1 is 0.646 bits per heavy atom. The molecule has 0 bridgehead atoms. The molecule has 2 aromatic heterocycles. The van der Waals surface area contributed by atoms with Crippen molar-refractivity contribution in [3.8, 4) is 11.5 Å². The number of aliphatic hydroxyl groups is 1. The lowest BCUT2D eigenvalue weighted by molar-refractivity contribution is -0.243. The summed E-state index contributed by atoms with van der Waals surface area (Å²) in [5, 5.41) is 28.4. The Labute approximate surface area is 452 Å². The van der Waals surface area contributed by atoms with Gasteiger partial charge in [-0.1, -0.05) is 22.4 Å². The van der Waals surface area contributed by atoms with E-state index in [9.17, 15) is 37.9 Å². The molecule has 27 heteroatoms. The van der Waals surface area contributed by atoms with Gasteiger partial charge in [-0.05, 0) is 75.2 Å². The third-order valence-corrected chi connectivity index (χ3v) is 12.3. The van der Waals surface area contributed by atoms with Crippen LogP contribution in [0.15, 0.2) is 58.8 Å². The Morgan fingerprint density at radius 3 is 1.66 bits per heavy atom. The fourth-order valence-electron chi connectivity index (χ4n) is 8.11. The second-order valence-electron chi connectivity index (χ2n) is 18.6. The standard InChI is InChI=1S/C27H32FN5O8.C25H30FN5O7/c1-14(40-16(3)34)25(35)29-11-18-12-38-27(39-13-18)24-9-21(33-41-24)20-8-22(32-15(2)31-20)26(36)30-10-17-5-6-19(28)23(7-17)37-4;1-13(32)24(33)28-10-16-11-37-23(12-36-16)22-8-19(31-38-22)18-7-20(30-14(2)29-18)25(34)27-9-15-4-5-17(26)21(6-15)35-3/h5-8,14,18,24,27H,9-13H2,1-4H3,(H,29,35)(H,30,36);4-7,13,16,22-23,32H,8-12H2,1-3H3,(H,27,34)(H,28,33)/t14-,18?,24-,27?;13-,16+,22-,23+/m00/s1. The van der Waals surface area contributed by atoms with Crippen LogP contribution in [0.25, 0.3) is 0 Å². The van der Waals surface area contributed by atoms with Gasteiger partial charge in [0.25, 0.3) is 17.7 Å². The number of rotatable bonds is 19. The van der Waals surface area contributed by atoms with Crippen molar-refractivity contribution in [1.29, 1.82) is 0 Å². The zero-order chi connectivity index (χ0) is 56.8. The number of benzene rings is 2. The van der Waals surface area contributed by atoms with E-state index >= 15 is 0 Å². The normalized spacial score (nSPS) is 21.2. The first-order valence-corrected chi connectivity index (χ1v) is 25.1. The summed E-state index contributed by atoms with van der Waals surface area (Å²) < 4.78 is 65.4. The van der Waals surface area contributed by atoms with Crippen molar-refractivity contribution in [1.82, 2.24) is 41.2 Å². The van der Waals surface area contributed by atoms with Crippen molar-refractivity contribution in [2.45, 2.75) is 103 Å². The van der Waals surface area contributed by atoms with Crippen molar-refractivity contribution in [3.63, 3.8) is 0 Å². The van der Waals surface area contributed by atoms with E-state index < -0.39 is 71.9 Å². The molecule has 4 aliphatic rings. The van der Waals surface area contributed by atoms with Crippen molar-refractivity contribution in [2.24, 2.45) is 16.2 Å². The van der Waals surface area contributed by atoms with Gasteiger partial charge in [0, 0.05) is 51.9 Å². The molecule has 4 aliphatic heterocycles. The number of ether oxygens (including phenoxy) is 7. The van der Waals surface area contributed by atoms with E-state index in [1.807, 2.05) is 0 Å². The maximum Gasteiger partial charge on any atom is 0.303 e. The summed E-state index contributed by atoms with van der Waals surface area (Å²) in [5.74, 6) is -2.38. The van der Waals surface area contributed by atoms with Crippen LogP contribution in [0, 0.1) is 31.4 Å². The molecule has 424 valence electrons. The third kappa shape index (κ3) is 16.6.